The Bertz CT molecular complexity index is 321. The van der Waals surface area contributed by atoms with Crippen molar-refractivity contribution >= 4 is 5.69 Å². The highest BCUT2D eigenvalue weighted by atomic mass is 15.1. The Morgan fingerprint density at radius 1 is 1.29 bits per heavy atom. The minimum Gasteiger partial charge on any atom is -0.373 e. The van der Waals surface area contributed by atoms with Crippen molar-refractivity contribution in [3.63, 3.8) is 0 Å². The van der Waals surface area contributed by atoms with Gasteiger partial charge in [0.25, 0.3) is 0 Å². The molecule has 1 heterocycles. The Morgan fingerprint density at radius 3 is 2.47 bits per heavy atom. The topological polar surface area (TPSA) is 42.1 Å². The summed E-state index contributed by atoms with van der Waals surface area (Å²) in [6.07, 6.45) is 4.05. The summed E-state index contributed by atoms with van der Waals surface area (Å²) in [5.74, 6) is 0.706. The number of pyridine rings is 1. The zero-order chi connectivity index (χ0) is 12.8. The lowest BCUT2D eigenvalue weighted by atomic mass is 10.1. The summed E-state index contributed by atoms with van der Waals surface area (Å²) >= 11 is 0. The van der Waals surface area contributed by atoms with E-state index in [1.54, 1.807) is 0 Å². The maximum atomic E-state index is 5.95. The van der Waals surface area contributed by atoms with Crippen LogP contribution < -0.4 is 10.6 Å². The second-order valence-electron chi connectivity index (χ2n) is 4.85. The molecule has 0 saturated carbocycles. The van der Waals surface area contributed by atoms with E-state index in [-0.39, 0.29) is 6.04 Å². The van der Waals surface area contributed by atoms with E-state index in [4.69, 9.17) is 5.73 Å². The van der Waals surface area contributed by atoms with Crippen LogP contribution in [0.1, 0.15) is 45.3 Å². The molecule has 0 spiro atoms. The molecular weight excluding hydrogens is 210 g/mol. The summed E-state index contributed by atoms with van der Waals surface area (Å²) in [5.41, 5.74) is 8.09. The predicted molar refractivity (Wildman–Crippen MR) is 74.2 cm³/mol. The number of anilines is 1. The van der Waals surface area contributed by atoms with Gasteiger partial charge in [-0.25, -0.2) is 0 Å². The van der Waals surface area contributed by atoms with Gasteiger partial charge in [-0.05, 0) is 24.5 Å². The Labute approximate surface area is 105 Å². The molecule has 0 amide bonds. The first-order valence-electron chi connectivity index (χ1n) is 6.51. The van der Waals surface area contributed by atoms with Crippen molar-refractivity contribution in [2.24, 2.45) is 11.7 Å². The number of nitrogens with two attached hydrogens (primary N) is 1. The van der Waals surface area contributed by atoms with Crippen LogP contribution in [0.2, 0.25) is 0 Å². The Hall–Kier alpha value is -1.09. The van der Waals surface area contributed by atoms with Crippen molar-refractivity contribution in [2.45, 2.75) is 39.7 Å². The highest BCUT2D eigenvalue weighted by Crippen LogP contribution is 2.17. The van der Waals surface area contributed by atoms with Crippen LogP contribution in [0.5, 0.6) is 0 Å². The molecule has 2 unspecified atom stereocenters. The molecule has 0 fully saturated rings. The van der Waals surface area contributed by atoms with Gasteiger partial charge in [0.1, 0.15) is 0 Å². The van der Waals surface area contributed by atoms with E-state index in [1.807, 2.05) is 12.3 Å². The molecule has 2 N–H and O–H groups in total. The minimum absolute atomic E-state index is 0.0592. The van der Waals surface area contributed by atoms with E-state index in [1.165, 1.54) is 6.42 Å². The second-order valence-corrected chi connectivity index (χ2v) is 4.85. The van der Waals surface area contributed by atoms with Crippen molar-refractivity contribution in [1.82, 2.24) is 4.98 Å². The molecule has 96 valence electrons. The third kappa shape index (κ3) is 4.00. The second kappa shape index (κ2) is 6.60. The molecule has 1 rings (SSSR count). The fourth-order valence-corrected chi connectivity index (χ4v) is 1.75. The summed E-state index contributed by atoms with van der Waals surface area (Å²) in [7, 11) is 2.11. The Kier molecular flexibility index (Phi) is 5.42. The van der Waals surface area contributed by atoms with Crippen LogP contribution >= 0.6 is 0 Å². The van der Waals surface area contributed by atoms with Crippen LogP contribution in [-0.2, 0) is 0 Å². The van der Waals surface area contributed by atoms with E-state index >= 15 is 0 Å². The highest BCUT2D eigenvalue weighted by Gasteiger charge is 2.08. The van der Waals surface area contributed by atoms with Gasteiger partial charge in [-0.3, -0.25) is 4.98 Å². The molecule has 0 aliphatic rings. The van der Waals surface area contributed by atoms with Crippen molar-refractivity contribution < 1.29 is 0 Å². The van der Waals surface area contributed by atoms with Crippen LogP contribution in [0, 0.1) is 5.92 Å². The summed E-state index contributed by atoms with van der Waals surface area (Å²) in [4.78, 5) is 6.69. The lowest BCUT2D eigenvalue weighted by molar-refractivity contribution is 0.559. The average Bonchev–Trinajstić information content (AvgIpc) is 2.37. The van der Waals surface area contributed by atoms with Crippen LogP contribution in [-0.4, -0.2) is 18.6 Å². The zero-order valence-electron chi connectivity index (χ0n) is 11.5. The number of hydrogen-bond donors (Lipinski definition) is 1. The Morgan fingerprint density at radius 2 is 2.00 bits per heavy atom. The third-order valence-corrected chi connectivity index (χ3v) is 3.31. The molecule has 0 bridgehead atoms. The summed E-state index contributed by atoms with van der Waals surface area (Å²) < 4.78 is 0. The predicted octanol–water partition coefficient (Wildman–Crippen LogP) is 2.97. The van der Waals surface area contributed by atoms with E-state index in [2.05, 4.69) is 43.8 Å². The maximum Gasteiger partial charge on any atom is 0.0572 e. The lowest BCUT2D eigenvalue weighted by Gasteiger charge is -2.22. The molecule has 0 aromatic carbocycles. The Balaban J connectivity index is 2.66. The minimum atomic E-state index is 0.0592. The largest absolute Gasteiger partial charge is 0.373 e. The molecule has 1 aromatic heterocycles. The summed E-state index contributed by atoms with van der Waals surface area (Å²) in [6, 6.07) is 4.21. The number of nitrogens with zero attached hydrogens (tertiary/aromatic N) is 2. The average molecular weight is 235 g/mol. The first-order chi connectivity index (χ1) is 8.08. The fraction of sp³-hybridized carbons (Fsp3) is 0.643. The monoisotopic (exact) mass is 235 g/mol. The van der Waals surface area contributed by atoms with Gasteiger partial charge in [0.05, 0.1) is 17.6 Å². The third-order valence-electron chi connectivity index (χ3n) is 3.31. The highest BCUT2D eigenvalue weighted by molar-refractivity contribution is 5.43. The van der Waals surface area contributed by atoms with Crippen molar-refractivity contribution in [3.05, 3.63) is 24.0 Å². The molecule has 17 heavy (non-hydrogen) atoms. The van der Waals surface area contributed by atoms with Crippen molar-refractivity contribution in [3.8, 4) is 0 Å². The summed E-state index contributed by atoms with van der Waals surface area (Å²) in [5, 5.41) is 0. The van der Waals surface area contributed by atoms with Crippen molar-refractivity contribution in [1.29, 1.82) is 0 Å². The molecule has 0 aliphatic carbocycles. The van der Waals surface area contributed by atoms with E-state index in [0.29, 0.717) is 5.92 Å². The fourth-order valence-electron chi connectivity index (χ4n) is 1.75. The molecular formula is C14H25N3. The molecule has 1 aromatic rings. The van der Waals surface area contributed by atoms with Crippen LogP contribution in [0.25, 0.3) is 0 Å². The van der Waals surface area contributed by atoms with Gasteiger partial charge in [0.15, 0.2) is 0 Å². The summed E-state index contributed by atoms with van der Waals surface area (Å²) in [6.45, 7) is 7.64. The van der Waals surface area contributed by atoms with E-state index in [9.17, 15) is 0 Å². The van der Waals surface area contributed by atoms with Gasteiger partial charge in [0.2, 0.25) is 0 Å². The van der Waals surface area contributed by atoms with Crippen LogP contribution in [0.15, 0.2) is 18.3 Å². The standard InChI is InChI=1S/C14H25N3/c1-5-11(3)10-17(4)12-7-8-14(16-9-12)13(15)6-2/h7-9,11,13H,5-6,10,15H2,1-4H3. The molecule has 0 radical (unpaired) electrons. The maximum absolute atomic E-state index is 5.95. The molecule has 3 nitrogen and oxygen atoms in total. The molecule has 0 aliphatic heterocycles. The first kappa shape index (κ1) is 14.0. The van der Waals surface area contributed by atoms with Gasteiger partial charge in [-0.2, -0.15) is 0 Å². The lowest BCUT2D eigenvalue weighted by Crippen LogP contribution is -2.23. The first-order valence-corrected chi connectivity index (χ1v) is 6.51. The van der Waals surface area contributed by atoms with Crippen molar-refractivity contribution in [2.75, 3.05) is 18.5 Å². The van der Waals surface area contributed by atoms with E-state index < -0.39 is 0 Å². The van der Waals surface area contributed by atoms with Crippen LogP contribution in [0.4, 0.5) is 5.69 Å². The van der Waals surface area contributed by atoms with Gasteiger partial charge in [0, 0.05) is 19.6 Å². The van der Waals surface area contributed by atoms with Gasteiger partial charge in [-0.15, -0.1) is 0 Å². The molecule has 0 saturated heterocycles. The SMILES string of the molecule is CCC(C)CN(C)c1ccc(C(N)CC)nc1. The van der Waals surface area contributed by atoms with Gasteiger partial charge >= 0.3 is 0 Å². The van der Waals surface area contributed by atoms with Crippen LogP contribution in [0.3, 0.4) is 0 Å². The molecule has 3 heteroatoms. The smallest absolute Gasteiger partial charge is 0.0572 e. The molecule has 2 atom stereocenters. The number of aromatic nitrogens is 1. The van der Waals surface area contributed by atoms with E-state index in [0.717, 1.165) is 24.3 Å². The zero-order valence-corrected chi connectivity index (χ0v) is 11.5. The quantitative estimate of drug-likeness (QED) is 0.824. The van der Waals surface area contributed by atoms with Gasteiger partial charge in [-0.1, -0.05) is 27.2 Å². The number of hydrogen-bond acceptors (Lipinski definition) is 3. The van der Waals surface area contributed by atoms with Gasteiger partial charge < -0.3 is 10.6 Å². The normalized spacial score (nSPS) is 14.4. The number of rotatable bonds is 6.